The Labute approximate surface area is 123 Å². The molecule has 0 aromatic heterocycles. The Morgan fingerprint density at radius 2 is 2.10 bits per heavy atom. The maximum absolute atomic E-state index is 12.2. The van der Waals surface area contributed by atoms with Crippen LogP contribution in [0.25, 0.3) is 0 Å². The van der Waals surface area contributed by atoms with Gasteiger partial charge in [-0.3, -0.25) is 9.59 Å². The fraction of sp³-hybridized carbons (Fsp3) is 0.467. The van der Waals surface area contributed by atoms with Crippen molar-refractivity contribution in [3.05, 3.63) is 30.3 Å². The zero-order chi connectivity index (χ0) is 14.4. The van der Waals surface area contributed by atoms with E-state index in [-0.39, 0.29) is 17.8 Å². The van der Waals surface area contributed by atoms with Crippen LogP contribution in [-0.4, -0.2) is 42.7 Å². The highest BCUT2D eigenvalue weighted by atomic mass is 32.2. The van der Waals surface area contributed by atoms with Crippen LogP contribution in [0.15, 0.2) is 35.2 Å². The van der Waals surface area contributed by atoms with Gasteiger partial charge in [0.25, 0.3) is 0 Å². The van der Waals surface area contributed by atoms with Crippen LogP contribution in [0.4, 0.5) is 0 Å². The Morgan fingerprint density at radius 1 is 1.35 bits per heavy atom. The second kappa shape index (κ2) is 7.33. The number of hydrogen-bond donors (Lipinski definition) is 0. The van der Waals surface area contributed by atoms with Crippen molar-refractivity contribution in [2.45, 2.75) is 17.7 Å². The molecule has 0 bridgehead atoms. The normalized spacial score (nSPS) is 18.6. The number of carbonyl (C=O) groups excluding carboxylic acids is 2. The van der Waals surface area contributed by atoms with E-state index in [9.17, 15) is 9.59 Å². The second-order valence-corrected chi connectivity index (χ2v) is 5.85. The summed E-state index contributed by atoms with van der Waals surface area (Å²) in [5, 5.41) is 0. The predicted molar refractivity (Wildman–Crippen MR) is 78.5 cm³/mol. The summed E-state index contributed by atoms with van der Waals surface area (Å²) in [5.41, 5.74) is 0. The number of carbonyl (C=O) groups is 2. The molecule has 108 valence electrons. The van der Waals surface area contributed by atoms with E-state index in [0.717, 1.165) is 24.3 Å². The molecule has 0 saturated carbocycles. The molecule has 0 unspecified atom stereocenters. The quantitative estimate of drug-likeness (QED) is 0.630. The van der Waals surface area contributed by atoms with Crippen LogP contribution in [-0.2, 0) is 14.3 Å². The average molecular weight is 293 g/mol. The van der Waals surface area contributed by atoms with Gasteiger partial charge in [0.2, 0.25) is 5.91 Å². The van der Waals surface area contributed by atoms with Gasteiger partial charge in [0.05, 0.1) is 18.8 Å². The zero-order valence-electron chi connectivity index (χ0n) is 11.6. The van der Waals surface area contributed by atoms with Gasteiger partial charge in [-0.15, -0.1) is 11.8 Å². The Balaban J connectivity index is 1.84. The van der Waals surface area contributed by atoms with Gasteiger partial charge in [0, 0.05) is 18.0 Å². The lowest BCUT2D eigenvalue weighted by atomic mass is 9.98. The first kappa shape index (κ1) is 14.9. The molecule has 0 radical (unpaired) electrons. The van der Waals surface area contributed by atoms with Crippen molar-refractivity contribution in [2.24, 2.45) is 5.92 Å². The van der Waals surface area contributed by atoms with Crippen molar-refractivity contribution >= 4 is 23.6 Å². The Bertz CT molecular complexity index is 463. The Hall–Kier alpha value is -1.49. The number of ether oxygens (including phenoxy) is 1. The summed E-state index contributed by atoms with van der Waals surface area (Å²) < 4.78 is 4.76. The van der Waals surface area contributed by atoms with E-state index in [4.69, 9.17) is 4.74 Å². The fourth-order valence-electron chi connectivity index (χ4n) is 2.32. The molecule has 1 aromatic carbocycles. The molecule has 4 nitrogen and oxygen atoms in total. The van der Waals surface area contributed by atoms with Crippen molar-refractivity contribution in [3.63, 3.8) is 0 Å². The predicted octanol–water partition coefficient (Wildman–Crippen LogP) is 2.19. The van der Waals surface area contributed by atoms with E-state index in [1.165, 1.54) is 18.9 Å². The lowest BCUT2D eigenvalue weighted by Crippen LogP contribution is -2.43. The van der Waals surface area contributed by atoms with Crippen LogP contribution >= 0.6 is 11.8 Å². The number of thioether (sulfide) groups is 1. The third kappa shape index (κ3) is 4.00. The standard InChI is InChI=1S/C15H19NO3S/c1-19-15(18)12-6-5-9-16(10-12)14(17)11-20-13-7-3-2-4-8-13/h2-4,7-8,12H,5-6,9-11H2,1H3/t12-/m0/s1. The van der Waals surface area contributed by atoms with Crippen LogP contribution in [0.1, 0.15) is 12.8 Å². The van der Waals surface area contributed by atoms with E-state index < -0.39 is 0 Å². The minimum atomic E-state index is -0.210. The third-order valence-electron chi connectivity index (χ3n) is 3.41. The van der Waals surface area contributed by atoms with Crippen LogP contribution in [0.3, 0.4) is 0 Å². The van der Waals surface area contributed by atoms with Crippen LogP contribution in [0.5, 0.6) is 0 Å². The number of methoxy groups -OCH3 is 1. The number of piperidine rings is 1. The first-order valence-corrected chi connectivity index (χ1v) is 7.72. The number of hydrogen-bond acceptors (Lipinski definition) is 4. The van der Waals surface area contributed by atoms with Crippen molar-refractivity contribution in [2.75, 3.05) is 26.0 Å². The van der Waals surface area contributed by atoms with Crippen molar-refractivity contribution in [1.82, 2.24) is 4.90 Å². The summed E-state index contributed by atoms with van der Waals surface area (Å²) in [6.45, 7) is 1.22. The van der Waals surface area contributed by atoms with E-state index in [1.807, 2.05) is 30.3 Å². The number of amides is 1. The van der Waals surface area contributed by atoms with Crippen molar-refractivity contribution in [1.29, 1.82) is 0 Å². The molecule has 1 aromatic rings. The summed E-state index contributed by atoms with van der Waals surface area (Å²) in [6.07, 6.45) is 1.67. The molecular weight excluding hydrogens is 274 g/mol. The van der Waals surface area contributed by atoms with E-state index in [0.29, 0.717) is 12.3 Å². The minimum absolute atomic E-state index is 0.0902. The van der Waals surface area contributed by atoms with Crippen molar-refractivity contribution < 1.29 is 14.3 Å². The molecule has 1 saturated heterocycles. The largest absolute Gasteiger partial charge is 0.469 e. The van der Waals surface area contributed by atoms with Gasteiger partial charge < -0.3 is 9.64 Å². The third-order valence-corrected chi connectivity index (χ3v) is 4.41. The minimum Gasteiger partial charge on any atom is -0.469 e. The molecule has 1 atom stereocenters. The summed E-state index contributed by atoms with van der Waals surface area (Å²) in [5.74, 6) is 0.128. The van der Waals surface area contributed by atoms with Crippen LogP contribution < -0.4 is 0 Å². The van der Waals surface area contributed by atoms with Crippen molar-refractivity contribution in [3.8, 4) is 0 Å². The molecule has 0 spiro atoms. The molecule has 0 aliphatic carbocycles. The summed E-state index contributed by atoms with van der Waals surface area (Å²) >= 11 is 1.53. The van der Waals surface area contributed by atoms with E-state index in [1.54, 1.807) is 4.90 Å². The maximum atomic E-state index is 12.2. The average Bonchev–Trinajstić information content (AvgIpc) is 2.53. The topological polar surface area (TPSA) is 46.6 Å². The highest BCUT2D eigenvalue weighted by Crippen LogP contribution is 2.21. The Morgan fingerprint density at radius 3 is 2.80 bits per heavy atom. The maximum Gasteiger partial charge on any atom is 0.310 e. The van der Waals surface area contributed by atoms with Gasteiger partial charge in [-0.25, -0.2) is 0 Å². The van der Waals surface area contributed by atoms with Gasteiger partial charge >= 0.3 is 5.97 Å². The lowest BCUT2D eigenvalue weighted by Gasteiger charge is -2.31. The summed E-state index contributed by atoms with van der Waals surface area (Å²) in [4.78, 5) is 26.6. The van der Waals surface area contributed by atoms with Crippen LogP contribution in [0, 0.1) is 5.92 Å². The van der Waals surface area contributed by atoms with Gasteiger partial charge in [0.15, 0.2) is 0 Å². The van der Waals surface area contributed by atoms with Crippen LogP contribution in [0.2, 0.25) is 0 Å². The molecule has 1 heterocycles. The zero-order valence-corrected chi connectivity index (χ0v) is 12.4. The molecule has 0 N–H and O–H groups in total. The molecule has 20 heavy (non-hydrogen) atoms. The first-order valence-electron chi connectivity index (χ1n) is 6.74. The molecule has 2 rings (SSSR count). The molecular formula is C15H19NO3S. The molecule has 1 aliphatic rings. The van der Waals surface area contributed by atoms with Gasteiger partial charge in [-0.1, -0.05) is 18.2 Å². The molecule has 1 fully saturated rings. The summed E-state index contributed by atoms with van der Waals surface area (Å²) in [6, 6.07) is 9.86. The molecule has 1 aliphatic heterocycles. The first-order chi connectivity index (χ1) is 9.70. The van der Waals surface area contributed by atoms with E-state index in [2.05, 4.69) is 0 Å². The SMILES string of the molecule is COC(=O)[C@H]1CCCN(C(=O)CSc2ccccc2)C1. The monoisotopic (exact) mass is 293 g/mol. The number of likely N-dealkylation sites (tertiary alicyclic amines) is 1. The van der Waals surface area contributed by atoms with E-state index >= 15 is 0 Å². The van der Waals surface area contributed by atoms with Gasteiger partial charge in [-0.05, 0) is 25.0 Å². The Kier molecular flexibility index (Phi) is 5.47. The number of esters is 1. The highest BCUT2D eigenvalue weighted by molar-refractivity contribution is 8.00. The molecule has 5 heteroatoms. The lowest BCUT2D eigenvalue weighted by molar-refractivity contribution is -0.148. The number of benzene rings is 1. The smallest absolute Gasteiger partial charge is 0.310 e. The number of rotatable bonds is 4. The highest BCUT2D eigenvalue weighted by Gasteiger charge is 2.28. The number of nitrogens with zero attached hydrogens (tertiary/aromatic N) is 1. The fourth-order valence-corrected chi connectivity index (χ4v) is 3.14. The van der Waals surface area contributed by atoms with Gasteiger partial charge in [0.1, 0.15) is 0 Å². The molecule has 1 amide bonds. The van der Waals surface area contributed by atoms with Gasteiger partial charge in [-0.2, -0.15) is 0 Å². The second-order valence-electron chi connectivity index (χ2n) is 4.80. The summed E-state index contributed by atoms with van der Waals surface area (Å²) in [7, 11) is 1.40.